The third-order valence-electron chi connectivity index (χ3n) is 3.00. The number of rotatable bonds is 5. The van der Waals surface area contributed by atoms with Gasteiger partial charge in [-0.2, -0.15) is 0 Å². The molecule has 1 aliphatic rings. The lowest BCUT2D eigenvalue weighted by atomic mass is 9.88. The first kappa shape index (κ1) is 14.0. The molecule has 5 heteroatoms. The predicted octanol–water partition coefficient (Wildman–Crippen LogP) is 0.396. The van der Waals surface area contributed by atoms with E-state index in [0.29, 0.717) is 13.2 Å². The zero-order chi connectivity index (χ0) is 13.1. The zero-order valence-corrected chi connectivity index (χ0v) is 11.1. The van der Waals surface area contributed by atoms with Crippen molar-refractivity contribution in [3.8, 4) is 0 Å². The van der Waals surface area contributed by atoms with Crippen molar-refractivity contribution in [1.29, 1.82) is 0 Å². The molecule has 1 heterocycles. The summed E-state index contributed by atoms with van der Waals surface area (Å²) < 4.78 is 5.05. The first-order chi connectivity index (χ1) is 7.85. The molecule has 1 fully saturated rings. The van der Waals surface area contributed by atoms with E-state index in [1.807, 2.05) is 0 Å². The van der Waals surface area contributed by atoms with Gasteiger partial charge in [-0.05, 0) is 18.8 Å². The topological polar surface area (TPSA) is 58.6 Å². The van der Waals surface area contributed by atoms with Crippen LogP contribution in [-0.4, -0.2) is 49.6 Å². The highest BCUT2D eigenvalue weighted by Crippen LogP contribution is 2.22. The molecule has 1 aliphatic heterocycles. The Morgan fingerprint density at radius 2 is 2.12 bits per heavy atom. The number of amides is 2. The number of carbonyl (C=O) groups is 2. The maximum atomic E-state index is 11.9. The van der Waals surface area contributed by atoms with E-state index in [9.17, 15) is 9.59 Å². The first-order valence-corrected chi connectivity index (χ1v) is 5.93. The van der Waals surface area contributed by atoms with Crippen molar-refractivity contribution >= 4 is 11.8 Å². The highest BCUT2D eigenvalue weighted by Gasteiger charge is 2.33. The van der Waals surface area contributed by atoms with E-state index < -0.39 is 6.04 Å². The van der Waals surface area contributed by atoms with Crippen LogP contribution in [0.3, 0.4) is 0 Å². The number of nitrogens with one attached hydrogen (secondary N) is 1. The molecular formula is C12H22N2O3. The predicted molar refractivity (Wildman–Crippen MR) is 64.5 cm³/mol. The Hall–Kier alpha value is -1.10. The number of methoxy groups -OCH3 is 1. The molecule has 0 aromatic heterocycles. The second kappa shape index (κ2) is 5.49. The minimum atomic E-state index is -0.408. The highest BCUT2D eigenvalue weighted by atomic mass is 16.5. The van der Waals surface area contributed by atoms with Crippen molar-refractivity contribution in [1.82, 2.24) is 10.2 Å². The van der Waals surface area contributed by atoms with Gasteiger partial charge in [-0.25, -0.2) is 0 Å². The van der Waals surface area contributed by atoms with Crippen LogP contribution in [0.2, 0.25) is 0 Å². The Morgan fingerprint density at radius 3 is 2.71 bits per heavy atom. The van der Waals surface area contributed by atoms with E-state index in [-0.39, 0.29) is 23.8 Å². The lowest BCUT2D eigenvalue weighted by molar-refractivity contribution is -0.145. The van der Waals surface area contributed by atoms with Crippen molar-refractivity contribution in [2.24, 2.45) is 5.41 Å². The second-order valence-electron chi connectivity index (χ2n) is 5.39. The number of ether oxygens (including phenoxy) is 1. The van der Waals surface area contributed by atoms with Gasteiger partial charge in [-0.3, -0.25) is 9.59 Å². The Balaban J connectivity index is 2.59. The molecule has 0 bridgehead atoms. The molecule has 1 N–H and O–H groups in total. The Morgan fingerprint density at radius 1 is 1.47 bits per heavy atom. The van der Waals surface area contributed by atoms with Gasteiger partial charge in [0.05, 0.1) is 6.54 Å². The average Bonchev–Trinajstić information content (AvgIpc) is 2.22. The van der Waals surface area contributed by atoms with Gasteiger partial charge in [-0.1, -0.05) is 13.8 Å². The van der Waals surface area contributed by atoms with Crippen molar-refractivity contribution < 1.29 is 14.3 Å². The summed E-state index contributed by atoms with van der Waals surface area (Å²) in [6.07, 6.45) is 0.864. The smallest absolute Gasteiger partial charge is 0.245 e. The third kappa shape index (κ3) is 4.00. The van der Waals surface area contributed by atoms with E-state index in [1.165, 1.54) is 0 Å². The molecule has 2 amide bonds. The summed E-state index contributed by atoms with van der Waals surface area (Å²) in [4.78, 5) is 24.9. The number of hydrogen-bond acceptors (Lipinski definition) is 3. The van der Waals surface area contributed by atoms with Gasteiger partial charge in [0.2, 0.25) is 11.8 Å². The Labute approximate surface area is 102 Å². The summed E-state index contributed by atoms with van der Waals surface area (Å²) in [5, 5.41) is 2.63. The molecular weight excluding hydrogens is 220 g/mol. The molecule has 1 saturated heterocycles. The van der Waals surface area contributed by atoms with Crippen LogP contribution in [0.4, 0.5) is 0 Å². The summed E-state index contributed by atoms with van der Waals surface area (Å²) in [5.74, 6) is -0.0882. The van der Waals surface area contributed by atoms with E-state index in [4.69, 9.17) is 4.74 Å². The Kier molecular flexibility index (Phi) is 4.51. The normalized spacial score (nSPS) is 21.6. The molecule has 1 unspecified atom stereocenters. The largest absolute Gasteiger partial charge is 0.385 e. The molecule has 0 spiro atoms. The maximum Gasteiger partial charge on any atom is 0.245 e. The molecule has 5 nitrogen and oxygen atoms in total. The average molecular weight is 242 g/mol. The van der Waals surface area contributed by atoms with Gasteiger partial charge in [0.1, 0.15) is 6.04 Å². The quantitative estimate of drug-likeness (QED) is 0.759. The third-order valence-corrected chi connectivity index (χ3v) is 3.00. The number of nitrogens with zero attached hydrogens (tertiary/aromatic N) is 1. The molecule has 0 aromatic rings. The van der Waals surface area contributed by atoms with Gasteiger partial charge in [0, 0.05) is 20.3 Å². The Bertz CT molecular complexity index is 302. The molecule has 0 radical (unpaired) electrons. The van der Waals surface area contributed by atoms with Crippen LogP contribution < -0.4 is 5.32 Å². The molecule has 1 atom stereocenters. The lowest BCUT2D eigenvalue weighted by Crippen LogP contribution is -2.58. The number of carbonyl (C=O) groups excluding carboxylic acids is 2. The van der Waals surface area contributed by atoms with E-state index >= 15 is 0 Å². The van der Waals surface area contributed by atoms with E-state index in [2.05, 4.69) is 19.2 Å². The molecule has 0 aliphatic carbocycles. The van der Waals surface area contributed by atoms with Crippen LogP contribution in [0.1, 0.15) is 27.2 Å². The van der Waals surface area contributed by atoms with E-state index in [0.717, 1.165) is 6.42 Å². The standard InChI is InChI=1S/C12H22N2O3/c1-9-11(16)14(7-10(15)13-9)8-12(2,3)5-6-17-4/h9H,5-8H2,1-4H3,(H,13,15). The summed E-state index contributed by atoms with van der Waals surface area (Å²) >= 11 is 0. The van der Waals surface area contributed by atoms with Crippen molar-refractivity contribution in [2.75, 3.05) is 26.8 Å². The maximum absolute atomic E-state index is 11.9. The van der Waals surface area contributed by atoms with Crippen LogP contribution in [0.25, 0.3) is 0 Å². The van der Waals surface area contributed by atoms with Gasteiger partial charge in [0.15, 0.2) is 0 Å². The van der Waals surface area contributed by atoms with Crippen molar-refractivity contribution in [3.63, 3.8) is 0 Å². The van der Waals surface area contributed by atoms with Gasteiger partial charge in [-0.15, -0.1) is 0 Å². The van der Waals surface area contributed by atoms with Crippen LogP contribution in [-0.2, 0) is 14.3 Å². The fourth-order valence-corrected chi connectivity index (χ4v) is 1.98. The monoisotopic (exact) mass is 242 g/mol. The molecule has 98 valence electrons. The second-order valence-corrected chi connectivity index (χ2v) is 5.39. The van der Waals surface area contributed by atoms with Gasteiger partial charge >= 0.3 is 0 Å². The first-order valence-electron chi connectivity index (χ1n) is 5.93. The van der Waals surface area contributed by atoms with Crippen LogP contribution in [0.5, 0.6) is 0 Å². The summed E-state index contributed by atoms with van der Waals surface area (Å²) in [7, 11) is 1.66. The summed E-state index contributed by atoms with van der Waals surface area (Å²) in [5.41, 5.74) is -0.0387. The fraction of sp³-hybridized carbons (Fsp3) is 0.833. The van der Waals surface area contributed by atoms with Crippen molar-refractivity contribution in [2.45, 2.75) is 33.2 Å². The fourth-order valence-electron chi connectivity index (χ4n) is 1.98. The lowest BCUT2D eigenvalue weighted by Gasteiger charge is -2.36. The number of hydrogen-bond donors (Lipinski definition) is 1. The summed E-state index contributed by atoms with van der Waals surface area (Å²) in [6.45, 7) is 7.30. The highest BCUT2D eigenvalue weighted by molar-refractivity contribution is 5.94. The minimum Gasteiger partial charge on any atom is -0.385 e. The number of piperazine rings is 1. The summed E-state index contributed by atoms with van der Waals surface area (Å²) in [6, 6.07) is -0.408. The van der Waals surface area contributed by atoms with Crippen LogP contribution in [0.15, 0.2) is 0 Å². The molecule has 0 saturated carbocycles. The molecule has 0 aromatic carbocycles. The zero-order valence-electron chi connectivity index (χ0n) is 11.1. The molecule has 17 heavy (non-hydrogen) atoms. The SMILES string of the molecule is COCCC(C)(C)CN1CC(=O)NC(C)C1=O. The van der Waals surface area contributed by atoms with Gasteiger partial charge in [0.25, 0.3) is 0 Å². The van der Waals surface area contributed by atoms with E-state index in [1.54, 1.807) is 18.9 Å². The minimum absolute atomic E-state index is 0.00454. The van der Waals surface area contributed by atoms with Gasteiger partial charge < -0.3 is 15.0 Å². The van der Waals surface area contributed by atoms with Crippen LogP contribution >= 0.6 is 0 Å². The van der Waals surface area contributed by atoms with Crippen LogP contribution in [0, 0.1) is 5.41 Å². The van der Waals surface area contributed by atoms with Crippen molar-refractivity contribution in [3.05, 3.63) is 0 Å². The molecule has 1 rings (SSSR count).